The first-order valence-electron chi connectivity index (χ1n) is 9.66. The SMILES string of the molecule is COc1ccc(CN2CCN(C(C)C(=O)N3CCCCC3)CC2)cc1F. The Morgan fingerprint density at radius 2 is 1.81 bits per heavy atom. The smallest absolute Gasteiger partial charge is 0.239 e. The quantitative estimate of drug-likeness (QED) is 0.805. The number of methoxy groups -OCH3 is 1. The summed E-state index contributed by atoms with van der Waals surface area (Å²) >= 11 is 0. The molecule has 0 bridgehead atoms. The molecule has 2 aliphatic heterocycles. The Balaban J connectivity index is 1.49. The molecule has 3 rings (SSSR count). The van der Waals surface area contributed by atoms with Crippen LogP contribution in [0.25, 0.3) is 0 Å². The monoisotopic (exact) mass is 363 g/mol. The van der Waals surface area contributed by atoms with Crippen molar-refractivity contribution in [3.63, 3.8) is 0 Å². The van der Waals surface area contributed by atoms with Gasteiger partial charge in [0.1, 0.15) is 0 Å². The number of amides is 1. The van der Waals surface area contributed by atoms with Gasteiger partial charge in [-0.05, 0) is 43.9 Å². The molecule has 2 saturated heterocycles. The van der Waals surface area contributed by atoms with E-state index in [1.807, 2.05) is 17.9 Å². The Hall–Kier alpha value is -1.66. The van der Waals surface area contributed by atoms with Crippen LogP contribution in [0.1, 0.15) is 31.7 Å². The van der Waals surface area contributed by atoms with E-state index in [0.717, 1.165) is 64.2 Å². The van der Waals surface area contributed by atoms with Crippen molar-refractivity contribution in [3.05, 3.63) is 29.6 Å². The molecular weight excluding hydrogens is 333 g/mol. The molecule has 1 aromatic carbocycles. The van der Waals surface area contributed by atoms with Gasteiger partial charge in [-0.25, -0.2) is 4.39 Å². The van der Waals surface area contributed by atoms with E-state index >= 15 is 0 Å². The highest BCUT2D eigenvalue weighted by molar-refractivity contribution is 5.81. The summed E-state index contributed by atoms with van der Waals surface area (Å²) in [5.41, 5.74) is 0.953. The fraction of sp³-hybridized carbons (Fsp3) is 0.650. The molecule has 0 aliphatic carbocycles. The largest absolute Gasteiger partial charge is 0.494 e. The molecular formula is C20H30FN3O2. The second-order valence-corrected chi connectivity index (χ2v) is 7.34. The van der Waals surface area contributed by atoms with Gasteiger partial charge in [-0.2, -0.15) is 0 Å². The van der Waals surface area contributed by atoms with E-state index in [4.69, 9.17) is 4.74 Å². The van der Waals surface area contributed by atoms with Crippen LogP contribution in [0.2, 0.25) is 0 Å². The first kappa shape index (κ1) is 19.1. The van der Waals surface area contributed by atoms with E-state index in [1.165, 1.54) is 13.5 Å². The molecule has 1 unspecified atom stereocenters. The van der Waals surface area contributed by atoms with E-state index in [-0.39, 0.29) is 23.5 Å². The number of piperazine rings is 1. The van der Waals surface area contributed by atoms with Gasteiger partial charge < -0.3 is 9.64 Å². The van der Waals surface area contributed by atoms with Crippen LogP contribution in [0.3, 0.4) is 0 Å². The average molecular weight is 363 g/mol. The van der Waals surface area contributed by atoms with Crippen LogP contribution in [0.4, 0.5) is 4.39 Å². The van der Waals surface area contributed by atoms with E-state index in [9.17, 15) is 9.18 Å². The van der Waals surface area contributed by atoms with Gasteiger partial charge in [-0.3, -0.25) is 14.6 Å². The molecule has 2 aliphatic rings. The molecule has 1 amide bonds. The Labute approximate surface area is 155 Å². The number of carbonyl (C=O) groups is 1. The summed E-state index contributed by atoms with van der Waals surface area (Å²) in [4.78, 5) is 19.3. The third-order valence-electron chi connectivity index (χ3n) is 5.60. The number of likely N-dealkylation sites (tertiary alicyclic amines) is 1. The van der Waals surface area contributed by atoms with Gasteiger partial charge in [0.15, 0.2) is 11.6 Å². The van der Waals surface area contributed by atoms with E-state index in [1.54, 1.807) is 12.1 Å². The van der Waals surface area contributed by atoms with Crippen molar-refractivity contribution in [1.82, 2.24) is 14.7 Å². The number of hydrogen-bond donors (Lipinski definition) is 0. The fourth-order valence-corrected chi connectivity index (χ4v) is 3.91. The molecule has 0 spiro atoms. The summed E-state index contributed by atoms with van der Waals surface area (Å²) in [6.07, 6.45) is 3.50. The Morgan fingerprint density at radius 1 is 1.12 bits per heavy atom. The zero-order valence-corrected chi connectivity index (χ0v) is 15.9. The highest BCUT2D eigenvalue weighted by Gasteiger charge is 2.29. The minimum Gasteiger partial charge on any atom is -0.494 e. The predicted molar refractivity (Wildman–Crippen MR) is 99.7 cm³/mol. The summed E-state index contributed by atoms with van der Waals surface area (Å²) < 4.78 is 18.8. The van der Waals surface area contributed by atoms with Crippen LogP contribution in [0.5, 0.6) is 5.75 Å². The van der Waals surface area contributed by atoms with Crippen molar-refractivity contribution in [1.29, 1.82) is 0 Å². The lowest BCUT2D eigenvalue weighted by Gasteiger charge is -2.39. The molecule has 0 N–H and O–H groups in total. The van der Waals surface area contributed by atoms with Gasteiger partial charge in [-0.1, -0.05) is 6.07 Å². The Kier molecular flexibility index (Phi) is 6.48. The lowest BCUT2D eigenvalue weighted by atomic mass is 10.1. The van der Waals surface area contributed by atoms with Gasteiger partial charge in [0.05, 0.1) is 13.2 Å². The number of benzene rings is 1. The van der Waals surface area contributed by atoms with E-state index in [2.05, 4.69) is 9.80 Å². The molecule has 5 nitrogen and oxygen atoms in total. The van der Waals surface area contributed by atoms with Crippen molar-refractivity contribution in [2.75, 3.05) is 46.4 Å². The molecule has 0 radical (unpaired) electrons. The van der Waals surface area contributed by atoms with Gasteiger partial charge in [0.25, 0.3) is 0 Å². The first-order chi connectivity index (χ1) is 12.6. The number of nitrogens with zero attached hydrogens (tertiary/aromatic N) is 3. The van der Waals surface area contributed by atoms with Crippen LogP contribution in [-0.2, 0) is 11.3 Å². The highest BCUT2D eigenvalue weighted by atomic mass is 19.1. The van der Waals surface area contributed by atoms with E-state index < -0.39 is 0 Å². The first-order valence-corrected chi connectivity index (χ1v) is 9.66. The molecule has 6 heteroatoms. The van der Waals surface area contributed by atoms with Gasteiger partial charge in [0, 0.05) is 45.8 Å². The van der Waals surface area contributed by atoms with Crippen molar-refractivity contribution < 1.29 is 13.9 Å². The average Bonchev–Trinajstić information content (AvgIpc) is 2.68. The van der Waals surface area contributed by atoms with E-state index in [0.29, 0.717) is 0 Å². The number of piperidine rings is 1. The maximum atomic E-state index is 13.8. The van der Waals surface area contributed by atoms with Crippen LogP contribution in [-0.4, -0.2) is 73.0 Å². The second-order valence-electron chi connectivity index (χ2n) is 7.34. The molecule has 144 valence electrons. The third kappa shape index (κ3) is 4.54. The summed E-state index contributed by atoms with van der Waals surface area (Å²) in [5, 5.41) is 0. The highest BCUT2D eigenvalue weighted by Crippen LogP contribution is 2.20. The van der Waals surface area contributed by atoms with Crippen molar-refractivity contribution in [3.8, 4) is 5.75 Å². The van der Waals surface area contributed by atoms with Crippen LogP contribution >= 0.6 is 0 Å². The lowest BCUT2D eigenvalue weighted by Crippen LogP contribution is -2.54. The molecule has 1 aromatic rings. The number of rotatable bonds is 5. The van der Waals surface area contributed by atoms with Gasteiger partial charge in [-0.15, -0.1) is 0 Å². The molecule has 0 aromatic heterocycles. The van der Waals surface area contributed by atoms with Gasteiger partial charge >= 0.3 is 0 Å². The summed E-state index contributed by atoms with van der Waals surface area (Å²) in [6.45, 7) is 8.11. The number of ether oxygens (including phenoxy) is 1. The standard InChI is InChI=1S/C20H30FN3O2/c1-16(20(25)24-8-4-3-5-9-24)23-12-10-22(11-13-23)15-17-6-7-19(26-2)18(21)14-17/h6-7,14,16H,3-5,8-13,15H2,1-2H3. The summed E-state index contributed by atoms with van der Waals surface area (Å²) in [5.74, 6) is 0.239. The molecule has 0 saturated carbocycles. The third-order valence-corrected chi connectivity index (χ3v) is 5.60. The van der Waals surface area contributed by atoms with Gasteiger partial charge in [0.2, 0.25) is 5.91 Å². The number of halogens is 1. The number of carbonyl (C=O) groups excluding carboxylic acids is 1. The van der Waals surface area contributed by atoms with Crippen LogP contribution in [0.15, 0.2) is 18.2 Å². The minimum absolute atomic E-state index is 0.0475. The van der Waals surface area contributed by atoms with Crippen molar-refractivity contribution >= 4 is 5.91 Å². The Bertz CT molecular complexity index is 611. The Morgan fingerprint density at radius 3 is 2.42 bits per heavy atom. The lowest BCUT2D eigenvalue weighted by molar-refractivity contribution is -0.138. The van der Waals surface area contributed by atoms with Crippen molar-refractivity contribution in [2.24, 2.45) is 0 Å². The molecule has 2 heterocycles. The normalized spacial score (nSPS) is 20.8. The maximum Gasteiger partial charge on any atom is 0.239 e. The zero-order chi connectivity index (χ0) is 18.5. The topological polar surface area (TPSA) is 36.0 Å². The molecule has 26 heavy (non-hydrogen) atoms. The van der Waals surface area contributed by atoms with Crippen LogP contribution < -0.4 is 4.74 Å². The second kappa shape index (κ2) is 8.82. The summed E-state index contributed by atoms with van der Waals surface area (Å²) in [7, 11) is 1.48. The molecule has 1 atom stereocenters. The zero-order valence-electron chi connectivity index (χ0n) is 15.9. The fourth-order valence-electron chi connectivity index (χ4n) is 3.91. The predicted octanol–water partition coefficient (Wildman–Crippen LogP) is 2.35. The van der Waals surface area contributed by atoms with Crippen molar-refractivity contribution in [2.45, 2.75) is 38.8 Å². The minimum atomic E-state index is -0.315. The molecule has 2 fully saturated rings. The summed E-state index contributed by atoms with van der Waals surface area (Å²) in [6, 6.07) is 5.10. The number of hydrogen-bond acceptors (Lipinski definition) is 4. The maximum absolute atomic E-state index is 13.8. The van der Waals surface area contributed by atoms with Crippen LogP contribution in [0, 0.1) is 5.82 Å².